The lowest BCUT2D eigenvalue weighted by atomic mass is 10.3. The number of anilines is 3. The van der Waals surface area contributed by atoms with Crippen molar-refractivity contribution in [1.82, 2.24) is 24.3 Å². The van der Waals surface area contributed by atoms with Crippen molar-refractivity contribution in [3.63, 3.8) is 0 Å². The molecule has 8 nitrogen and oxygen atoms in total. The highest BCUT2D eigenvalue weighted by atomic mass is 35.5. The molecule has 0 radical (unpaired) electrons. The van der Waals surface area contributed by atoms with Gasteiger partial charge in [0.15, 0.2) is 0 Å². The molecule has 0 saturated heterocycles. The minimum absolute atomic E-state index is 0.0753. The smallest absolute Gasteiger partial charge is 0.295 e. The highest BCUT2D eigenvalue weighted by Crippen LogP contribution is 2.19. The Morgan fingerprint density at radius 3 is 2.41 bits per heavy atom. The van der Waals surface area contributed by atoms with Crippen molar-refractivity contribution in [3.8, 4) is 5.69 Å². The maximum Gasteiger partial charge on any atom is 0.295 e. The van der Waals surface area contributed by atoms with E-state index in [4.69, 9.17) is 11.6 Å². The van der Waals surface area contributed by atoms with Crippen molar-refractivity contribution in [2.75, 3.05) is 23.3 Å². The number of nitrogens with one attached hydrogen (secondary N) is 1. The predicted octanol–water partition coefficient (Wildman–Crippen LogP) is 2.91. The predicted molar refractivity (Wildman–Crippen MR) is 107 cm³/mol. The third-order valence-electron chi connectivity index (χ3n) is 4.43. The van der Waals surface area contributed by atoms with Crippen LogP contribution in [0.1, 0.15) is 19.5 Å². The topological polar surface area (TPSA) is 80.9 Å². The Kier molecular flexibility index (Phi) is 5.46. The van der Waals surface area contributed by atoms with Gasteiger partial charge in [0.05, 0.1) is 11.4 Å². The Hall–Kier alpha value is -2.87. The van der Waals surface area contributed by atoms with Crippen molar-refractivity contribution < 1.29 is 0 Å². The molecule has 0 aliphatic carbocycles. The number of hydrogen-bond donors (Lipinski definition) is 1. The maximum atomic E-state index is 13.0. The van der Waals surface area contributed by atoms with Crippen LogP contribution in [0.3, 0.4) is 0 Å². The molecule has 0 aliphatic rings. The molecule has 9 heteroatoms. The minimum atomic E-state index is -0.192. The second-order valence-electron chi connectivity index (χ2n) is 5.96. The zero-order valence-corrected chi connectivity index (χ0v) is 16.5. The summed E-state index contributed by atoms with van der Waals surface area (Å²) in [6.45, 7) is 7.35. The van der Waals surface area contributed by atoms with Crippen LogP contribution in [0.25, 0.3) is 5.69 Å². The van der Waals surface area contributed by atoms with E-state index in [9.17, 15) is 4.79 Å². The number of rotatable bonds is 6. The van der Waals surface area contributed by atoms with Crippen molar-refractivity contribution in [1.29, 1.82) is 0 Å². The maximum absolute atomic E-state index is 13.0. The van der Waals surface area contributed by atoms with Gasteiger partial charge in [-0.2, -0.15) is 15.0 Å². The number of benzene rings is 1. The first-order valence-electron chi connectivity index (χ1n) is 8.73. The molecule has 0 spiro atoms. The van der Waals surface area contributed by atoms with E-state index in [1.807, 2.05) is 63.1 Å². The summed E-state index contributed by atoms with van der Waals surface area (Å²) in [5, 5.41) is 3.10. The molecule has 0 saturated carbocycles. The van der Waals surface area contributed by atoms with Crippen LogP contribution in [0.5, 0.6) is 0 Å². The second-order valence-corrected chi connectivity index (χ2v) is 6.30. The molecule has 2 heterocycles. The van der Waals surface area contributed by atoms with Gasteiger partial charge >= 0.3 is 0 Å². The van der Waals surface area contributed by atoms with E-state index in [0.29, 0.717) is 11.6 Å². The molecule has 2 aromatic heterocycles. The van der Waals surface area contributed by atoms with Crippen molar-refractivity contribution >= 4 is 29.2 Å². The van der Waals surface area contributed by atoms with Crippen LogP contribution in [0.4, 0.5) is 17.6 Å². The lowest BCUT2D eigenvalue weighted by Gasteiger charge is -2.18. The highest BCUT2D eigenvalue weighted by molar-refractivity contribution is 6.28. The van der Waals surface area contributed by atoms with E-state index in [2.05, 4.69) is 20.3 Å². The summed E-state index contributed by atoms with van der Waals surface area (Å²) >= 11 is 6.07. The minimum Gasteiger partial charge on any atom is -0.341 e. The first kappa shape index (κ1) is 18.9. The van der Waals surface area contributed by atoms with Gasteiger partial charge in [0.1, 0.15) is 5.69 Å². The van der Waals surface area contributed by atoms with E-state index >= 15 is 0 Å². The lowest BCUT2D eigenvalue weighted by molar-refractivity contribution is 0.630. The van der Waals surface area contributed by atoms with Gasteiger partial charge in [-0.15, -0.1) is 0 Å². The van der Waals surface area contributed by atoms with Crippen LogP contribution in [0.2, 0.25) is 5.28 Å². The van der Waals surface area contributed by atoms with Gasteiger partial charge < -0.3 is 10.2 Å². The van der Waals surface area contributed by atoms with E-state index in [0.717, 1.165) is 24.5 Å². The fraction of sp³-hybridized carbons (Fsp3) is 0.333. The van der Waals surface area contributed by atoms with Crippen LogP contribution in [-0.4, -0.2) is 37.4 Å². The Morgan fingerprint density at radius 1 is 1.11 bits per heavy atom. The first-order chi connectivity index (χ1) is 13.0. The molecule has 3 rings (SSSR count). The summed E-state index contributed by atoms with van der Waals surface area (Å²) in [5.41, 5.74) is 1.74. The zero-order valence-electron chi connectivity index (χ0n) is 15.8. The van der Waals surface area contributed by atoms with Gasteiger partial charge in [0, 0.05) is 20.1 Å². The Bertz CT molecular complexity index is 993. The Balaban J connectivity index is 2.04. The fourth-order valence-corrected chi connectivity index (χ4v) is 3.02. The third-order valence-corrected chi connectivity index (χ3v) is 4.60. The molecule has 1 aromatic carbocycles. The third kappa shape index (κ3) is 3.66. The number of hydrogen-bond acceptors (Lipinski definition) is 6. The van der Waals surface area contributed by atoms with Crippen LogP contribution in [0, 0.1) is 6.92 Å². The van der Waals surface area contributed by atoms with E-state index in [1.165, 1.54) is 0 Å². The zero-order chi connectivity index (χ0) is 19.6. The van der Waals surface area contributed by atoms with Gasteiger partial charge in [-0.3, -0.25) is 9.48 Å². The van der Waals surface area contributed by atoms with Crippen LogP contribution in [-0.2, 0) is 7.05 Å². The number of para-hydroxylation sites is 1. The molecule has 1 N–H and O–H groups in total. The SMILES string of the molecule is CCN(CC)c1nc(Cl)nc(Nc2c(C)n(C)n(-c3ccccc3)c2=O)n1. The Morgan fingerprint density at radius 2 is 1.78 bits per heavy atom. The molecule has 0 amide bonds. The van der Waals surface area contributed by atoms with Gasteiger partial charge in [-0.05, 0) is 44.5 Å². The Labute approximate surface area is 162 Å². The lowest BCUT2D eigenvalue weighted by Crippen LogP contribution is -2.25. The first-order valence-corrected chi connectivity index (χ1v) is 9.11. The number of halogens is 1. The summed E-state index contributed by atoms with van der Waals surface area (Å²) in [5.74, 6) is 0.711. The standard InChI is InChI=1S/C18H22ClN7O/c1-5-25(6-2)18-22-16(19)21-17(23-18)20-14-12(3)24(4)26(15(14)27)13-10-8-7-9-11-13/h7-11H,5-6H2,1-4H3,(H,20,21,22,23). The molecule has 27 heavy (non-hydrogen) atoms. The van der Waals surface area contributed by atoms with Gasteiger partial charge in [-0.25, -0.2) is 4.68 Å². The average Bonchev–Trinajstić information content (AvgIpc) is 2.86. The quantitative estimate of drug-likeness (QED) is 0.700. The molecule has 0 atom stereocenters. The molecule has 0 aliphatic heterocycles. The number of nitrogens with zero attached hydrogens (tertiary/aromatic N) is 6. The van der Waals surface area contributed by atoms with Gasteiger partial charge in [0.25, 0.3) is 5.56 Å². The van der Waals surface area contributed by atoms with Gasteiger partial charge in [0.2, 0.25) is 17.2 Å². The summed E-state index contributed by atoms with van der Waals surface area (Å²) < 4.78 is 3.37. The van der Waals surface area contributed by atoms with E-state index in [1.54, 1.807) is 9.36 Å². The van der Waals surface area contributed by atoms with Crippen molar-refractivity contribution in [2.24, 2.45) is 7.05 Å². The monoisotopic (exact) mass is 387 g/mol. The average molecular weight is 388 g/mol. The highest BCUT2D eigenvalue weighted by Gasteiger charge is 2.18. The molecular formula is C18H22ClN7O. The van der Waals surface area contributed by atoms with E-state index in [-0.39, 0.29) is 16.8 Å². The van der Waals surface area contributed by atoms with Crippen LogP contribution >= 0.6 is 11.6 Å². The fourth-order valence-electron chi connectivity index (χ4n) is 2.87. The summed E-state index contributed by atoms with van der Waals surface area (Å²) in [4.78, 5) is 27.7. The molecule has 0 unspecified atom stereocenters. The molecule has 142 valence electrons. The summed E-state index contributed by atoms with van der Waals surface area (Å²) in [7, 11) is 1.83. The summed E-state index contributed by atoms with van der Waals surface area (Å²) in [6, 6.07) is 9.44. The van der Waals surface area contributed by atoms with Gasteiger partial charge in [-0.1, -0.05) is 18.2 Å². The molecular weight excluding hydrogens is 366 g/mol. The van der Waals surface area contributed by atoms with Crippen molar-refractivity contribution in [2.45, 2.75) is 20.8 Å². The number of aromatic nitrogens is 5. The molecule has 0 bridgehead atoms. The summed E-state index contributed by atoms with van der Waals surface area (Å²) in [6.07, 6.45) is 0. The van der Waals surface area contributed by atoms with Crippen LogP contribution < -0.4 is 15.8 Å². The normalized spacial score (nSPS) is 10.9. The largest absolute Gasteiger partial charge is 0.341 e. The van der Waals surface area contributed by atoms with Crippen LogP contribution in [0.15, 0.2) is 35.1 Å². The molecule has 0 fully saturated rings. The second kappa shape index (κ2) is 7.79. The molecule has 3 aromatic rings. The van der Waals surface area contributed by atoms with E-state index < -0.39 is 0 Å². The van der Waals surface area contributed by atoms with Crippen molar-refractivity contribution in [3.05, 3.63) is 51.7 Å².